The van der Waals surface area contributed by atoms with Crippen molar-refractivity contribution in [2.75, 3.05) is 13.2 Å². The second-order valence-electron chi connectivity index (χ2n) is 2.98. The van der Waals surface area contributed by atoms with Gasteiger partial charge in [0, 0.05) is 19.6 Å². The fourth-order valence-electron chi connectivity index (χ4n) is 0.744. The van der Waals surface area contributed by atoms with Crippen molar-refractivity contribution in [2.24, 2.45) is 0 Å². The molecule has 72 valence electrons. The Kier molecular flexibility index (Phi) is 6.76. The van der Waals surface area contributed by atoms with Gasteiger partial charge in [-0.3, -0.25) is 4.79 Å². The standard InChI is InChI=1S/C9H19NO2/c1-4-9(11)10-6-5-7-12-8(2)3/h8H,4-7H2,1-3H3,(H,10,11). The Morgan fingerprint density at radius 3 is 2.67 bits per heavy atom. The number of carbonyl (C=O) groups excluding carboxylic acids is 1. The van der Waals surface area contributed by atoms with E-state index in [1.54, 1.807) is 0 Å². The Labute approximate surface area is 74.5 Å². The van der Waals surface area contributed by atoms with E-state index in [1.807, 2.05) is 20.8 Å². The maximum atomic E-state index is 10.8. The molecule has 0 unspecified atom stereocenters. The van der Waals surface area contributed by atoms with Gasteiger partial charge >= 0.3 is 0 Å². The summed E-state index contributed by atoms with van der Waals surface area (Å²) < 4.78 is 5.31. The van der Waals surface area contributed by atoms with Crippen molar-refractivity contribution in [3.63, 3.8) is 0 Å². The molecule has 0 aromatic heterocycles. The molecular formula is C9H19NO2. The van der Waals surface area contributed by atoms with E-state index in [0.717, 1.165) is 19.6 Å². The molecule has 0 aromatic rings. The Bertz CT molecular complexity index is 124. The van der Waals surface area contributed by atoms with Crippen LogP contribution in [0.4, 0.5) is 0 Å². The van der Waals surface area contributed by atoms with Crippen molar-refractivity contribution in [1.29, 1.82) is 0 Å². The van der Waals surface area contributed by atoms with E-state index in [2.05, 4.69) is 5.32 Å². The second-order valence-corrected chi connectivity index (χ2v) is 2.98. The van der Waals surface area contributed by atoms with Crippen molar-refractivity contribution < 1.29 is 9.53 Å². The van der Waals surface area contributed by atoms with E-state index in [-0.39, 0.29) is 12.0 Å². The second kappa shape index (κ2) is 7.10. The monoisotopic (exact) mass is 173 g/mol. The van der Waals surface area contributed by atoms with Crippen LogP contribution in [-0.4, -0.2) is 25.2 Å². The van der Waals surface area contributed by atoms with E-state index < -0.39 is 0 Å². The van der Waals surface area contributed by atoms with E-state index in [0.29, 0.717) is 6.42 Å². The highest BCUT2D eigenvalue weighted by Crippen LogP contribution is 1.89. The van der Waals surface area contributed by atoms with Crippen molar-refractivity contribution in [3.05, 3.63) is 0 Å². The molecule has 0 aliphatic heterocycles. The third kappa shape index (κ3) is 7.54. The molecule has 12 heavy (non-hydrogen) atoms. The highest BCUT2D eigenvalue weighted by molar-refractivity contribution is 5.75. The molecule has 1 N–H and O–H groups in total. The van der Waals surface area contributed by atoms with Crippen LogP contribution in [-0.2, 0) is 9.53 Å². The van der Waals surface area contributed by atoms with Gasteiger partial charge in [0.25, 0.3) is 0 Å². The smallest absolute Gasteiger partial charge is 0.219 e. The summed E-state index contributed by atoms with van der Waals surface area (Å²) in [4.78, 5) is 10.8. The van der Waals surface area contributed by atoms with Crippen LogP contribution < -0.4 is 5.32 Å². The summed E-state index contributed by atoms with van der Waals surface area (Å²) in [5, 5.41) is 2.79. The van der Waals surface area contributed by atoms with Gasteiger partial charge in [0.15, 0.2) is 0 Å². The lowest BCUT2D eigenvalue weighted by molar-refractivity contribution is -0.120. The molecule has 0 saturated carbocycles. The fraction of sp³-hybridized carbons (Fsp3) is 0.889. The molecule has 0 fully saturated rings. The summed E-state index contributed by atoms with van der Waals surface area (Å²) in [7, 11) is 0. The summed E-state index contributed by atoms with van der Waals surface area (Å²) in [6.07, 6.45) is 1.74. The number of hydrogen-bond donors (Lipinski definition) is 1. The van der Waals surface area contributed by atoms with Crippen LogP contribution in [0.5, 0.6) is 0 Å². The predicted molar refractivity (Wildman–Crippen MR) is 49.0 cm³/mol. The largest absolute Gasteiger partial charge is 0.379 e. The number of hydrogen-bond acceptors (Lipinski definition) is 2. The van der Waals surface area contributed by atoms with Gasteiger partial charge in [-0.25, -0.2) is 0 Å². The lowest BCUT2D eigenvalue weighted by atomic mass is 10.4. The summed E-state index contributed by atoms with van der Waals surface area (Å²) in [6.45, 7) is 7.30. The Hall–Kier alpha value is -0.570. The highest BCUT2D eigenvalue weighted by atomic mass is 16.5. The average molecular weight is 173 g/mol. The molecule has 0 aromatic carbocycles. The maximum absolute atomic E-state index is 10.8. The van der Waals surface area contributed by atoms with Crippen molar-refractivity contribution in [2.45, 2.75) is 39.7 Å². The molecule has 0 atom stereocenters. The minimum Gasteiger partial charge on any atom is -0.379 e. The van der Waals surface area contributed by atoms with E-state index >= 15 is 0 Å². The maximum Gasteiger partial charge on any atom is 0.219 e. The summed E-state index contributed by atoms with van der Waals surface area (Å²) in [6, 6.07) is 0. The number of nitrogens with one attached hydrogen (secondary N) is 1. The molecule has 0 radical (unpaired) electrons. The highest BCUT2D eigenvalue weighted by Gasteiger charge is 1.95. The van der Waals surface area contributed by atoms with Crippen LogP contribution in [0.25, 0.3) is 0 Å². The number of rotatable bonds is 6. The SMILES string of the molecule is CCC(=O)NCCCOC(C)C. The molecule has 0 spiro atoms. The molecule has 0 aliphatic carbocycles. The van der Waals surface area contributed by atoms with E-state index in [9.17, 15) is 4.79 Å². The van der Waals surface area contributed by atoms with Crippen LogP contribution in [0.3, 0.4) is 0 Å². The molecule has 0 rings (SSSR count). The van der Waals surface area contributed by atoms with Crippen LogP contribution in [0.15, 0.2) is 0 Å². The van der Waals surface area contributed by atoms with Crippen LogP contribution in [0.1, 0.15) is 33.6 Å². The van der Waals surface area contributed by atoms with Gasteiger partial charge in [0.1, 0.15) is 0 Å². The normalized spacial score (nSPS) is 10.3. The lowest BCUT2D eigenvalue weighted by Gasteiger charge is -2.07. The van der Waals surface area contributed by atoms with Gasteiger partial charge in [-0.2, -0.15) is 0 Å². The molecule has 3 heteroatoms. The van der Waals surface area contributed by atoms with Gasteiger partial charge in [-0.05, 0) is 20.3 Å². The van der Waals surface area contributed by atoms with Crippen LogP contribution >= 0.6 is 0 Å². The van der Waals surface area contributed by atoms with E-state index in [1.165, 1.54) is 0 Å². The molecule has 0 bridgehead atoms. The van der Waals surface area contributed by atoms with Crippen LogP contribution in [0.2, 0.25) is 0 Å². The first kappa shape index (κ1) is 11.4. The quantitative estimate of drug-likeness (QED) is 0.615. The van der Waals surface area contributed by atoms with Gasteiger partial charge in [-0.1, -0.05) is 6.92 Å². The number of ether oxygens (including phenoxy) is 1. The van der Waals surface area contributed by atoms with Gasteiger partial charge in [0.05, 0.1) is 6.10 Å². The summed E-state index contributed by atoms with van der Waals surface area (Å²) in [5.41, 5.74) is 0. The first-order valence-electron chi connectivity index (χ1n) is 4.55. The zero-order valence-electron chi connectivity index (χ0n) is 8.22. The molecule has 3 nitrogen and oxygen atoms in total. The Morgan fingerprint density at radius 2 is 2.17 bits per heavy atom. The fourth-order valence-corrected chi connectivity index (χ4v) is 0.744. The van der Waals surface area contributed by atoms with Crippen molar-refractivity contribution in [3.8, 4) is 0 Å². The topological polar surface area (TPSA) is 38.3 Å². The minimum absolute atomic E-state index is 0.111. The number of amides is 1. The third-order valence-corrected chi connectivity index (χ3v) is 1.42. The zero-order chi connectivity index (χ0) is 9.40. The third-order valence-electron chi connectivity index (χ3n) is 1.42. The first-order chi connectivity index (χ1) is 5.66. The zero-order valence-corrected chi connectivity index (χ0v) is 8.22. The molecule has 1 amide bonds. The van der Waals surface area contributed by atoms with Crippen molar-refractivity contribution in [1.82, 2.24) is 5.32 Å². The Balaban J connectivity index is 3.05. The van der Waals surface area contributed by atoms with E-state index in [4.69, 9.17) is 4.74 Å². The molecule has 0 aliphatic rings. The average Bonchev–Trinajstić information content (AvgIpc) is 2.03. The number of carbonyl (C=O) groups is 1. The van der Waals surface area contributed by atoms with Gasteiger partial charge < -0.3 is 10.1 Å². The minimum atomic E-state index is 0.111. The molecule has 0 saturated heterocycles. The first-order valence-corrected chi connectivity index (χ1v) is 4.55. The molecular weight excluding hydrogens is 154 g/mol. The van der Waals surface area contributed by atoms with Crippen LogP contribution in [0, 0.1) is 0 Å². The summed E-state index contributed by atoms with van der Waals surface area (Å²) in [5.74, 6) is 0.111. The lowest BCUT2D eigenvalue weighted by Crippen LogP contribution is -2.24. The van der Waals surface area contributed by atoms with Crippen molar-refractivity contribution >= 4 is 5.91 Å². The predicted octanol–water partition coefficient (Wildman–Crippen LogP) is 1.33. The van der Waals surface area contributed by atoms with Gasteiger partial charge in [-0.15, -0.1) is 0 Å². The molecule has 0 heterocycles. The van der Waals surface area contributed by atoms with Gasteiger partial charge in [0.2, 0.25) is 5.91 Å². The summed E-state index contributed by atoms with van der Waals surface area (Å²) >= 11 is 0. The Morgan fingerprint density at radius 1 is 1.50 bits per heavy atom.